The van der Waals surface area contributed by atoms with Crippen LogP contribution >= 0.6 is 0 Å². The molecule has 0 unspecified atom stereocenters. The van der Waals surface area contributed by atoms with E-state index < -0.39 is 0 Å². The molecule has 0 aliphatic carbocycles. The Kier molecular flexibility index (Phi) is 5.68. The summed E-state index contributed by atoms with van der Waals surface area (Å²) in [6.07, 6.45) is 2.20. The molecule has 0 spiro atoms. The van der Waals surface area contributed by atoms with Crippen LogP contribution < -0.4 is 15.6 Å². The molecule has 1 aromatic heterocycles. The molecule has 1 N–H and O–H groups in total. The fourth-order valence-electron chi connectivity index (χ4n) is 3.07. The highest BCUT2D eigenvalue weighted by atomic mass is 16.5. The molecule has 0 radical (unpaired) electrons. The number of fused-ring (bicyclic) bond motifs is 1. The minimum Gasteiger partial charge on any atom is -0.495 e. The largest absolute Gasteiger partial charge is 0.495 e. The number of rotatable bonds is 7. The van der Waals surface area contributed by atoms with E-state index in [1.165, 1.54) is 0 Å². The molecule has 2 aromatic carbocycles. The summed E-state index contributed by atoms with van der Waals surface area (Å²) < 4.78 is 7.16. The Morgan fingerprint density at radius 1 is 1.15 bits per heavy atom. The lowest BCUT2D eigenvalue weighted by atomic mass is 10.2. The molecular formula is C21H25N3O2. The van der Waals surface area contributed by atoms with Gasteiger partial charge >= 0.3 is 0 Å². The molecule has 5 heteroatoms. The standard InChI is InChI=1S/C21H25N3O2/c1-4-5-14-22-15(2)20-23-17-11-7-6-10-16(17)21(25)24(20)18-12-8-9-13-19(18)26-3/h6-13,15,22H,4-5,14H2,1-3H3/t15-/m1/s1. The van der Waals surface area contributed by atoms with Crippen molar-refractivity contribution in [3.8, 4) is 11.4 Å². The normalized spacial score (nSPS) is 12.3. The van der Waals surface area contributed by atoms with Gasteiger partial charge in [0.15, 0.2) is 0 Å². The molecule has 0 aliphatic heterocycles. The van der Waals surface area contributed by atoms with Crippen molar-refractivity contribution in [2.45, 2.75) is 32.7 Å². The third-order valence-corrected chi connectivity index (χ3v) is 4.50. The summed E-state index contributed by atoms with van der Waals surface area (Å²) in [5, 5.41) is 4.08. The van der Waals surface area contributed by atoms with Gasteiger partial charge in [0.25, 0.3) is 5.56 Å². The first-order valence-electron chi connectivity index (χ1n) is 9.05. The smallest absolute Gasteiger partial charge is 0.266 e. The summed E-state index contributed by atoms with van der Waals surface area (Å²) in [5.74, 6) is 1.34. The van der Waals surface area contributed by atoms with Crippen molar-refractivity contribution < 1.29 is 4.74 Å². The van der Waals surface area contributed by atoms with Crippen molar-refractivity contribution >= 4 is 10.9 Å². The summed E-state index contributed by atoms with van der Waals surface area (Å²) >= 11 is 0. The highest BCUT2D eigenvalue weighted by molar-refractivity contribution is 5.78. The van der Waals surface area contributed by atoms with Crippen LogP contribution in [-0.4, -0.2) is 23.2 Å². The van der Waals surface area contributed by atoms with Crippen molar-refractivity contribution in [3.63, 3.8) is 0 Å². The topological polar surface area (TPSA) is 56.2 Å². The fraction of sp³-hybridized carbons (Fsp3) is 0.333. The van der Waals surface area contributed by atoms with Gasteiger partial charge in [-0.05, 0) is 44.2 Å². The van der Waals surface area contributed by atoms with Crippen LogP contribution in [0.1, 0.15) is 38.6 Å². The lowest BCUT2D eigenvalue weighted by Crippen LogP contribution is -2.30. The van der Waals surface area contributed by atoms with Gasteiger partial charge in [0.05, 0.1) is 29.7 Å². The first kappa shape index (κ1) is 18.1. The molecule has 0 bridgehead atoms. The lowest BCUT2D eigenvalue weighted by molar-refractivity contribution is 0.411. The minimum absolute atomic E-state index is 0.0660. The van der Waals surface area contributed by atoms with Gasteiger partial charge < -0.3 is 10.1 Å². The van der Waals surface area contributed by atoms with Gasteiger partial charge in [-0.2, -0.15) is 0 Å². The molecule has 0 saturated heterocycles. The SMILES string of the molecule is CCCCN[C@H](C)c1nc2ccccc2c(=O)n1-c1ccccc1OC. The predicted molar refractivity (Wildman–Crippen MR) is 105 cm³/mol. The van der Waals surface area contributed by atoms with Crippen LogP contribution in [0.25, 0.3) is 16.6 Å². The maximum atomic E-state index is 13.3. The Morgan fingerprint density at radius 2 is 1.88 bits per heavy atom. The van der Waals surface area contributed by atoms with Gasteiger partial charge in [-0.1, -0.05) is 37.6 Å². The second-order valence-electron chi connectivity index (χ2n) is 6.33. The van der Waals surface area contributed by atoms with Crippen LogP contribution in [0.5, 0.6) is 5.75 Å². The predicted octanol–water partition coefficient (Wildman–Crippen LogP) is 3.85. The lowest BCUT2D eigenvalue weighted by Gasteiger charge is -2.20. The van der Waals surface area contributed by atoms with E-state index in [0.29, 0.717) is 28.2 Å². The number of aromatic nitrogens is 2. The van der Waals surface area contributed by atoms with Gasteiger partial charge in [0.2, 0.25) is 0 Å². The monoisotopic (exact) mass is 351 g/mol. The van der Waals surface area contributed by atoms with Crippen LogP contribution in [0.15, 0.2) is 53.3 Å². The number of benzene rings is 2. The van der Waals surface area contributed by atoms with E-state index in [4.69, 9.17) is 9.72 Å². The van der Waals surface area contributed by atoms with E-state index in [2.05, 4.69) is 12.2 Å². The Labute approximate surface area is 153 Å². The van der Waals surface area contributed by atoms with E-state index in [-0.39, 0.29) is 11.6 Å². The maximum Gasteiger partial charge on any atom is 0.266 e. The summed E-state index contributed by atoms with van der Waals surface area (Å²) in [6.45, 7) is 5.08. The average Bonchev–Trinajstić information content (AvgIpc) is 2.68. The Hall–Kier alpha value is -2.66. The van der Waals surface area contributed by atoms with Gasteiger partial charge in [0.1, 0.15) is 11.6 Å². The fourth-order valence-corrected chi connectivity index (χ4v) is 3.07. The molecule has 3 rings (SSSR count). The first-order chi connectivity index (χ1) is 12.7. The minimum atomic E-state index is -0.0840. The van der Waals surface area contributed by atoms with Crippen LogP contribution in [0.3, 0.4) is 0 Å². The molecule has 1 heterocycles. The van der Waals surface area contributed by atoms with Gasteiger partial charge in [0, 0.05) is 0 Å². The third-order valence-electron chi connectivity index (χ3n) is 4.50. The Balaban J connectivity index is 2.23. The molecule has 26 heavy (non-hydrogen) atoms. The summed E-state index contributed by atoms with van der Waals surface area (Å²) in [6, 6.07) is 14.9. The first-order valence-corrected chi connectivity index (χ1v) is 9.05. The highest BCUT2D eigenvalue weighted by Gasteiger charge is 2.19. The van der Waals surface area contributed by atoms with E-state index in [9.17, 15) is 4.79 Å². The molecular weight excluding hydrogens is 326 g/mol. The molecule has 5 nitrogen and oxygen atoms in total. The summed E-state index contributed by atoms with van der Waals surface area (Å²) in [4.78, 5) is 18.1. The van der Waals surface area contributed by atoms with Gasteiger partial charge in [-0.3, -0.25) is 9.36 Å². The highest BCUT2D eigenvalue weighted by Crippen LogP contribution is 2.25. The Morgan fingerprint density at radius 3 is 2.65 bits per heavy atom. The average molecular weight is 351 g/mol. The van der Waals surface area contributed by atoms with Gasteiger partial charge in [-0.25, -0.2) is 4.98 Å². The molecule has 3 aromatic rings. The quantitative estimate of drug-likeness (QED) is 0.657. The summed E-state index contributed by atoms with van der Waals surface area (Å²) in [5.41, 5.74) is 1.33. The number of hydrogen-bond donors (Lipinski definition) is 1. The van der Waals surface area contributed by atoms with Crippen molar-refractivity contribution in [1.82, 2.24) is 14.9 Å². The van der Waals surface area contributed by atoms with E-state index >= 15 is 0 Å². The number of hydrogen-bond acceptors (Lipinski definition) is 4. The van der Waals surface area contributed by atoms with Gasteiger partial charge in [-0.15, -0.1) is 0 Å². The van der Waals surface area contributed by atoms with Crippen molar-refractivity contribution in [2.75, 3.05) is 13.7 Å². The van der Waals surface area contributed by atoms with Crippen molar-refractivity contribution in [2.24, 2.45) is 0 Å². The second kappa shape index (κ2) is 8.15. The Bertz CT molecular complexity index is 949. The van der Waals surface area contributed by atoms with E-state index in [1.807, 2.05) is 55.5 Å². The molecule has 0 amide bonds. The molecule has 1 atom stereocenters. The zero-order valence-corrected chi connectivity index (χ0v) is 15.5. The van der Waals surface area contributed by atoms with Crippen LogP contribution in [0.2, 0.25) is 0 Å². The van der Waals surface area contributed by atoms with Crippen molar-refractivity contribution in [1.29, 1.82) is 0 Å². The van der Waals surface area contributed by atoms with Crippen LogP contribution in [0.4, 0.5) is 0 Å². The van der Waals surface area contributed by atoms with E-state index in [0.717, 1.165) is 19.4 Å². The zero-order chi connectivity index (χ0) is 18.5. The zero-order valence-electron chi connectivity index (χ0n) is 15.5. The number of para-hydroxylation sites is 3. The maximum absolute atomic E-state index is 13.3. The molecule has 0 aliphatic rings. The number of methoxy groups -OCH3 is 1. The second-order valence-corrected chi connectivity index (χ2v) is 6.33. The van der Waals surface area contributed by atoms with Crippen LogP contribution in [-0.2, 0) is 0 Å². The number of ether oxygens (including phenoxy) is 1. The third kappa shape index (κ3) is 3.48. The molecule has 136 valence electrons. The molecule has 0 fully saturated rings. The van der Waals surface area contributed by atoms with E-state index in [1.54, 1.807) is 11.7 Å². The molecule has 0 saturated carbocycles. The van der Waals surface area contributed by atoms with Crippen LogP contribution in [0, 0.1) is 0 Å². The number of unbranched alkanes of at least 4 members (excludes halogenated alkanes) is 1. The van der Waals surface area contributed by atoms with Crippen molar-refractivity contribution in [3.05, 3.63) is 64.7 Å². The number of nitrogens with one attached hydrogen (secondary N) is 1. The summed E-state index contributed by atoms with van der Waals surface area (Å²) in [7, 11) is 1.61. The number of nitrogens with zero attached hydrogens (tertiary/aromatic N) is 2.